The van der Waals surface area contributed by atoms with E-state index in [0.29, 0.717) is 30.2 Å². The molecule has 3 rings (SSSR count). The highest BCUT2D eigenvalue weighted by atomic mass is 16.5. The van der Waals surface area contributed by atoms with Crippen LogP contribution in [0.3, 0.4) is 0 Å². The maximum atomic E-state index is 11.9. The normalized spacial score (nSPS) is 13.8. The van der Waals surface area contributed by atoms with Crippen LogP contribution in [0.1, 0.15) is 12.0 Å². The first-order chi connectivity index (χ1) is 14.5. The van der Waals surface area contributed by atoms with Crippen LogP contribution in [0.15, 0.2) is 66.4 Å². The van der Waals surface area contributed by atoms with E-state index in [0.717, 1.165) is 0 Å². The second-order valence-corrected chi connectivity index (χ2v) is 6.85. The van der Waals surface area contributed by atoms with Gasteiger partial charge in [0.25, 0.3) is 5.91 Å². The van der Waals surface area contributed by atoms with Crippen LogP contribution in [0, 0.1) is 16.7 Å². The van der Waals surface area contributed by atoms with Crippen LogP contribution in [-0.2, 0) is 9.59 Å². The molecule has 1 heterocycles. The molecule has 1 fully saturated rings. The minimum Gasteiger partial charge on any atom is -0.457 e. The molecular formula is C22H22N5O3+. The van der Waals surface area contributed by atoms with Crippen LogP contribution < -0.4 is 15.8 Å². The summed E-state index contributed by atoms with van der Waals surface area (Å²) < 4.78 is 5.73. The number of likely N-dealkylation sites (tertiary alicyclic amines) is 1. The van der Waals surface area contributed by atoms with Gasteiger partial charge in [0.15, 0.2) is 0 Å². The number of carbonyl (C=O) groups is 2. The fourth-order valence-corrected chi connectivity index (χ4v) is 3.01. The minimum atomic E-state index is -0.697. The fraction of sp³-hybridized carbons (Fsp3) is 0.182. The molecule has 8 heteroatoms. The number of amides is 2. The Hall–Kier alpha value is -3.96. The standard InChI is InChI=1S/C22H21N5O3/c23-11-10-20(28)27-13-16(14-27)26-12-19(22(25)29)21(24)15-6-8-18(9-7-15)30-17-4-2-1-3-5-17/h1-9,12,16,24,26H,10,13-14H2,(H2,25,29)/p+1. The van der Waals surface area contributed by atoms with Gasteiger partial charge in [-0.15, -0.1) is 0 Å². The summed E-state index contributed by atoms with van der Waals surface area (Å²) in [6.45, 7) is 0.976. The van der Waals surface area contributed by atoms with Crippen molar-refractivity contribution in [3.8, 4) is 17.6 Å². The first-order valence-corrected chi connectivity index (χ1v) is 9.40. The number of benzene rings is 2. The summed E-state index contributed by atoms with van der Waals surface area (Å²) in [5.74, 6) is 0.422. The Morgan fingerprint density at radius 2 is 1.80 bits per heavy atom. The van der Waals surface area contributed by atoms with Gasteiger partial charge in [0.05, 0.1) is 24.9 Å². The number of rotatable bonds is 8. The molecule has 0 atom stereocenters. The SMILES string of the molecule is N#CCC(=O)N1CC([NH2+]C=C(C(=N)c2ccc(Oc3ccccc3)cc2)C(N)=O)C1. The lowest BCUT2D eigenvalue weighted by Gasteiger charge is -2.35. The predicted molar refractivity (Wildman–Crippen MR) is 110 cm³/mol. The Labute approximate surface area is 174 Å². The highest BCUT2D eigenvalue weighted by molar-refractivity contribution is 6.26. The first-order valence-electron chi connectivity index (χ1n) is 9.40. The lowest BCUT2D eigenvalue weighted by atomic mass is 10.0. The quantitative estimate of drug-likeness (QED) is 0.445. The van der Waals surface area contributed by atoms with Gasteiger partial charge in [-0.2, -0.15) is 5.26 Å². The average Bonchev–Trinajstić information content (AvgIpc) is 2.70. The number of para-hydroxylation sites is 1. The average molecular weight is 404 g/mol. The zero-order valence-corrected chi connectivity index (χ0v) is 16.2. The number of carbonyl (C=O) groups excluding carboxylic acids is 2. The molecule has 5 N–H and O–H groups in total. The van der Waals surface area contributed by atoms with Crippen molar-refractivity contribution < 1.29 is 19.6 Å². The van der Waals surface area contributed by atoms with Gasteiger partial charge in [-0.05, 0) is 36.4 Å². The highest BCUT2D eigenvalue weighted by Gasteiger charge is 2.33. The summed E-state index contributed by atoms with van der Waals surface area (Å²) in [7, 11) is 0. The molecule has 0 aromatic heterocycles. The Balaban J connectivity index is 1.61. The zero-order valence-electron chi connectivity index (χ0n) is 16.2. The smallest absolute Gasteiger partial charge is 0.256 e. The summed E-state index contributed by atoms with van der Waals surface area (Å²) in [6, 6.07) is 18.1. The van der Waals surface area contributed by atoms with Gasteiger partial charge in [-0.3, -0.25) is 15.0 Å². The van der Waals surface area contributed by atoms with Gasteiger partial charge >= 0.3 is 0 Å². The van der Waals surface area contributed by atoms with E-state index in [9.17, 15) is 9.59 Å². The van der Waals surface area contributed by atoms with Crippen LogP contribution in [0.4, 0.5) is 0 Å². The number of nitriles is 1. The van der Waals surface area contributed by atoms with E-state index in [2.05, 4.69) is 0 Å². The molecule has 2 amide bonds. The van der Waals surface area contributed by atoms with Crippen molar-refractivity contribution in [1.29, 1.82) is 10.7 Å². The van der Waals surface area contributed by atoms with E-state index in [1.165, 1.54) is 6.20 Å². The number of nitrogens with zero attached hydrogens (tertiary/aromatic N) is 2. The lowest BCUT2D eigenvalue weighted by molar-refractivity contribution is -0.637. The maximum absolute atomic E-state index is 11.9. The molecular weight excluding hydrogens is 382 g/mol. The van der Waals surface area contributed by atoms with E-state index in [-0.39, 0.29) is 29.7 Å². The Morgan fingerprint density at radius 1 is 1.17 bits per heavy atom. The molecule has 8 nitrogen and oxygen atoms in total. The van der Waals surface area contributed by atoms with Crippen molar-refractivity contribution in [2.75, 3.05) is 13.1 Å². The number of hydrogen-bond acceptors (Lipinski definition) is 5. The van der Waals surface area contributed by atoms with E-state index in [4.69, 9.17) is 21.1 Å². The monoisotopic (exact) mass is 404 g/mol. The second-order valence-electron chi connectivity index (χ2n) is 6.85. The third-order valence-corrected chi connectivity index (χ3v) is 4.68. The van der Waals surface area contributed by atoms with Gasteiger partial charge in [-0.1, -0.05) is 18.2 Å². The topological polar surface area (TPSA) is 137 Å². The molecule has 152 valence electrons. The number of ether oxygens (including phenoxy) is 1. The number of nitrogens with two attached hydrogens (primary N) is 2. The third kappa shape index (κ3) is 5.10. The molecule has 0 radical (unpaired) electrons. The molecule has 0 spiro atoms. The molecule has 2 aromatic rings. The van der Waals surface area contributed by atoms with E-state index in [1.54, 1.807) is 34.5 Å². The van der Waals surface area contributed by atoms with Crippen molar-refractivity contribution in [3.63, 3.8) is 0 Å². The van der Waals surface area contributed by atoms with Crippen LogP contribution in [-0.4, -0.2) is 41.6 Å². The third-order valence-electron chi connectivity index (χ3n) is 4.68. The van der Waals surface area contributed by atoms with Crippen molar-refractivity contribution in [2.24, 2.45) is 5.73 Å². The van der Waals surface area contributed by atoms with Crippen molar-refractivity contribution in [2.45, 2.75) is 12.5 Å². The Morgan fingerprint density at radius 3 is 2.40 bits per heavy atom. The van der Waals surface area contributed by atoms with Crippen molar-refractivity contribution in [3.05, 3.63) is 71.9 Å². The van der Waals surface area contributed by atoms with E-state index in [1.807, 2.05) is 36.4 Å². The van der Waals surface area contributed by atoms with Gasteiger partial charge in [0.2, 0.25) is 5.91 Å². The fourth-order valence-electron chi connectivity index (χ4n) is 3.01. The maximum Gasteiger partial charge on any atom is 0.256 e. The summed E-state index contributed by atoms with van der Waals surface area (Å²) >= 11 is 0. The zero-order chi connectivity index (χ0) is 21.5. The van der Waals surface area contributed by atoms with Crippen molar-refractivity contribution >= 4 is 17.5 Å². The Bertz CT molecular complexity index is 1000. The van der Waals surface area contributed by atoms with Crippen LogP contribution in [0.5, 0.6) is 11.5 Å². The van der Waals surface area contributed by atoms with Crippen LogP contribution >= 0.6 is 0 Å². The molecule has 1 saturated heterocycles. The van der Waals surface area contributed by atoms with Crippen LogP contribution in [0.2, 0.25) is 0 Å². The second kappa shape index (κ2) is 9.49. The summed E-state index contributed by atoms with van der Waals surface area (Å²) in [5, 5.41) is 18.7. The van der Waals surface area contributed by atoms with Gasteiger partial charge < -0.3 is 20.7 Å². The molecule has 0 bridgehead atoms. The van der Waals surface area contributed by atoms with E-state index < -0.39 is 5.91 Å². The predicted octanol–water partition coefficient (Wildman–Crippen LogP) is 0.904. The lowest BCUT2D eigenvalue weighted by Crippen LogP contribution is -2.93. The van der Waals surface area contributed by atoms with Gasteiger partial charge in [-0.25, -0.2) is 0 Å². The molecule has 0 saturated carbocycles. The highest BCUT2D eigenvalue weighted by Crippen LogP contribution is 2.22. The summed E-state index contributed by atoms with van der Waals surface area (Å²) in [6.07, 6.45) is 1.40. The van der Waals surface area contributed by atoms with Gasteiger partial charge in [0.1, 0.15) is 35.7 Å². The molecule has 0 aliphatic carbocycles. The number of primary amides is 1. The van der Waals surface area contributed by atoms with Gasteiger partial charge in [0, 0.05) is 5.56 Å². The largest absolute Gasteiger partial charge is 0.457 e. The number of nitrogens with one attached hydrogen (secondary N) is 1. The number of quaternary nitrogens is 1. The first kappa shape index (κ1) is 20.8. The van der Waals surface area contributed by atoms with E-state index >= 15 is 0 Å². The van der Waals surface area contributed by atoms with Crippen molar-refractivity contribution in [1.82, 2.24) is 4.90 Å². The molecule has 0 unspecified atom stereocenters. The number of hydrogen-bond donors (Lipinski definition) is 3. The van der Waals surface area contributed by atoms with Crippen LogP contribution in [0.25, 0.3) is 0 Å². The minimum absolute atomic E-state index is 0.0155. The molecule has 1 aliphatic rings. The molecule has 2 aromatic carbocycles. The summed E-state index contributed by atoms with van der Waals surface area (Å²) in [4.78, 5) is 25.1. The molecule has 30 heavy (non-hydrogen) atoms. The molecule has 1 aliphatic heterocycles. The Kier molecular flexibility index (Phi) is 6.57. The summed E-state index contributed by atoms with van der Waals surface area (Å²) in [5.41, 5.74) is 6.12.